The van der Waals surface area contributed by atoms with E-state index in [4.69, 9.17) is 0 Å². The average Bonchev–Trinajstić information content (AvgIpc) is 2.59. The van der Waals surface area contributed by atoms with Crippen molar-refractivity contribution in [2.24, 2.45) is 5.92 Å². The van der Waals surface area contributed by atoms with Gasteiger partial charge in [0.05, 0.1) is 6.61 Å². The van der Waals surface area contributed by atoms with Crippen LogP contribution >= 0.6 is 0 Å². The SMILES string of the molecule is CCCCCCCCCCCCC(CCCCCCC)COS(=O)(=O)[O-].[Na+]. The number of rotatable bonds is 20. The first kappa shape index (κ1) is 30.1. The van der Waals surface area contributed by atoms with E-state index in [0.29, 0.717) is 0 Å². The van der Waals surface area contributed by atoms with Crippen LogP contribution in [0.25, 0.3) is 0 Å². The Morgan fingerprint density at radius 3 is 1.33 bits per heavy atom. The Hall–Kier alpha value is 0.870. The molecule has 0 aromatic carbocycles. The molecule has 0 saturated carbocycles. The summed E-state index contributed by atoms with van der Waals surface area (Å²) >= 11 is 0. The zero-order valence-electron chi connectivity index (χ0n) is 18.3. The van der Waals surface area contributed by atoms with Crippen LogP contribution in [0.3, 0.4) is 0 Å². The summed E-state index contributed by atoms with van der Waals surface area (Å²) in [6.45, 7) is 4.51. The first-order valence-corrected chi connectivity index (χ1v) is 12.4. The quantitative estimate of drug-likeness (QED) is 0.132. The van der Waals surface area contributed by atoms with Gasteiger partial charge in [0.25, 0.3) is 0 Å². The van der Waals surface area contributed by atoms with Crippen LogP contribution in [-0.2, 0) is 14.6 Å². The number of unbranched alkanes of at least 4 members (excludes halogenated alkanes) is 13. The van der Waals surface area contributed by atoms with Crippen LogP contribution in [0.4, 0.5) is 0 Å². The molecule has 4 nitrogen and oxygen atoms in total. The Labute approximate surface area is 191 Å². The molecule has 0 aliphatic heterocycles. The van der Waals surface area contributed by atoms with E-state index in [0.717, 1.165) is 25.7 Å². The van der Waals surface area contributed by atoms with E-state index in [2.05, 4.69) is 18.0 Å². The summed E-state index contributed by atoms with van der Waals surface area (Å²) < 4.78 is 36.7. The van der Waals surface area contributed by atoms with Crippen LogP contribution < -0.4 is 29.6 Å². The van der Waals surface area contributed by atoms with Crippen molar-refractivity contribution >= 4 is 10.4 Å². The Kier molecular flexibility index (Phi) is 24.0. The molecule has 27 heavy (non-hydrogen) atoms. The van der Waals surface area contributed by atoms with E-state index in [1.165, 1.54) is 83.5 Å². The molecular formula is C21H43NaO4S. The van der Waals surface area contributed by atoms with Crippen molar-refractivity contribution in [1.82, 2.24) is 0 Å². The van der Waals surface area contributed by atoms with Crippen LogP contribution in [-0.4, -0.2) is 19.6 Å². The Morgan fingerprint density at radius 2 is 1.00 bits per heavy atom. The zero-order valence-corrected chi connectivity index (χ0v) is 21.2. The number of hydrogen-bond acceptors (Lipinski definition) is 4. The third kappa shape index (κ3) is 24.8. The van der Waals surface area contributed by atoms with Gasteiger partial charge in [0.2, 0.25) is 10.4 Å². The van der Waals surface area contributed by atoms with Crippen molar-refractivity contribution in [3.63, 3.8) is 0 Å². The van der Waals surface area contributed by atoms with Crippen molar-refractivity contribution < 1.29 is 46.7 Å². The van der Waals surface area contributed by atoms with Gasteiger partial charge in [-0.05, 0) is 18.8 Å². The molecule has 0 aliphatic carbocycles. The standard InChI is InChI=1S/C21H44O4S.Na/c1-3-5-7-9-10-11-12-13-15-17-19-21(20-25-26(22,23)24)18-16-14-8-6-4-2;/h21H,3-20H2,1-2H3,(H,22,23,24);/q;+1/p-1. The second-order valence-electron chi connectivity index (χ2n) is 7.73. The van der Waals surface area contributed by atoms with Crippen LogP contribution in [0, 0.1) is 5.92 Å². The molecule has 0 radical (unpaired) electrons. The van der Waals surface area contributed by atoms with Crippen molar-refractivity contribution in [2.75, 3.05) is 6.61 Å². The predicted molar refractivity (Wildman–Crippen MR) is 109 cm³/mol. The molecule has 0 fully saturated rings. The Balaban J connectivity index is 0. The van der Waals surface area contributed by atoms with Gasteiger partial charge in [0, 0.05) is 0 Å². The molecule has 1 unspecified atom stereocenters. The maximum absolute atomic E-state index is 10.7. The molecular weight excluding hydrogens is 371 g/mol. The summed E-state index contributed by atoms with van der Waals surface area (Å²) in [5.74, 6) is 0.203. The average molecular weight is 415 g/mol. The van der Waals surface area contributed by atoms with E-state index in [9.17, 15) is 13.0 Å². The van der Waals surface area contributed by atoms with Gasteiger partial charge >= 0.3 is 29.6 Å². The second-order valence-corrected chi connectivity index (χ2v) is 8.78. The molecule has 0 aromatic heterocycles. The fraction of sp³-hybridized carbons (Fsp3) is 1.00. The summed E-state index contributed by atoms with van der Waals surface area (Å²) in [6, 6.07) is 0. The van der Waals surface area contributed by atoms with Gasteiger partial charge < -0.3 is 4.55 Å². The molecule has 158 valence electrons. The first-order valence-electron chi connectivity index (χ1n) is 11.1. The van der Waals surface area contributed by atoms with Crippen molar-refractivity contribution in [2.45, 2.75) is 123 Å². The first-order chi connectivity index (χ1) is 12.5. The van der Waals surface area contributed by atoms with Gasteiger partial charge in [-0.15, -0.1) is 0 Å². The van der Waals surface area contributed by atoms with Crippen molar-refractivity contribution in [3.8, 4) is 0 Å². The molecule has 0 aliphatic rings. The maximum atomic E-state index is 10.7. The van der Waals surface area contributed by atoms with Gasteiger partial charge in [0.15, 0.2) is 0 Å². The summed E-state index contributed by atoms with van der Waals surface area (Å²) in [7, 11) is -4.56. The summed E-state index contributed by atoms with van der Waals surface area (Å²) in [5.41, 5.74) is 0. The van der Waals surface area contributed by atoms with Gasteiger partial charge in [-0.3, -0.25) is 4.18 Å². The van der Waals surface area contributed by atoms with Crippen LogP contribution in [0.5, 0.6) is 0 Å². The molecule has 0 aromatic rings. The molecule has 0 spiro atoms. The summed E-state index contributed by atoms with van der Waals surface area (Å²) in [4.78, 5) is 0. The maximum Gasteiger partial charge on any atom is 1.00 e. The van der Waals surface area contributed by atoms with Gasteiger partial charge in [0.1, 0.15) is 0 Å². The molecule has 0 N–H and O–H groups in total. The van der Waals surface area contributed by atoms with E-state index in [1.807, 2.05) is 0 Å². The van der Waals surface area contributed by atoms with E-state index >= 15 is 0 Å². The van der Waals surface area contributed by atoms with Crippen LogP contribution in [0.1, 0.15) is 123 Å². The van der Waals surface area contributed by atoms with E-state index in [-0.39, 0.29) is 42.1 Å². The Bertz CT molecular complexity index is 388. The van der Waals surface area contributed by atoms with Gasteiger partial charge in [-0.25, -0.2) is 8.42 Å². The third-order valence-corrected chi connectivity index (χ3v) is 5.55. The van der Waals surface area contributed by atoms with Gasteiger partial charge in [-0.1, -0.05) is 110 Å². The van der Waals surface area contributed by atoms with E-state index < -0.39 is 10.4 Å². The normalized spacial score (nSPS) is 12.7. The smallest absolute Gasteiger partial charge is 0.726 e. The molecule has 1 atom stereocenters. The fourth-order valence-electron chi connectivity index (χ4n) is 3.45. The topological polar surface area (TPSA) is 66.4 Å². The number of hydrogen-bond donors (Lipinski definition) is 0. The summed E-state index contributed by atoms with van der Waals surface area (Å²) in [5, 5.41) is 0. The van der Waals surface area contributed by atoms with Crippen LogP contribution in [0.15, 0.2) is 0 Å². The molecule has 0 heterocycles. The Morgan fingerprint density at radius 1 is 0.667 bits per heavy atom. The zero-order chi connectivity index (χ0) is 19.5. The minimum atomic E-state index is -4.56. The third-order valence-electron chi connectivity index (χ3n) is 5.13. The van der Waals surface area contributed by atoms with Gasteiger partial charge in [-0.2, -0.15) is 0 Å². The predicted octanol–water partition coefficient (Wildman–Crippen LogP) is 3.75. The molecule has 0 saturated heterocycles. The fourth-order valence-corrected chi connectivity index (χ4v) is 3.81. The molecule has 6 heteroatoms. The molecule has 0 amide bonds. The van der Waals surface area contributed by atoms with Crippen molar-refractivity contribution in [1.29, 1.82) is 0 Å². The van der Waals surface area contributed by atoms with Crippen molar-refractivity contribution in [3.05, 3.63) is 0 Å². The monoisotopic (exact) mass is 414 g/mol. The summed E-state index contributed by atoms with van der Waals surface area (Å²) in [6.07, 6.45) is 20.9. The molecule has 0 bridgehead atoms. The molecule has 0 rings (SSSR count). The van der Waals surface area contributed by atoms with E-state index in [1.54, 1.807) is 0 Å². The minimum absolute atomic E-state index is 0. The minimum Gasteiger partial charge on any atom is -0.726 e. The van der Waals surface area contributed by atoms with Crippen LogP contribution in [0.2, 0.25) is 0 Å². The second kappa shape index (κ2) is 21.6. The largest absolute Gasteiger partial charge is 1.00 e.